The van der Waals surface area contributed by atoms with Gasteiger partial charge in [0.25, 0.3) is 10.1 Å². The van der Waals surface area contributed by atoms with Gasteiger partial charge in [0.1, 0.15) is 0 Å². The van der Waals surface area contributed by atoms with Gasteiger partial charge in [-0.1, -0.05) is 0 Å². The van der Waals surface area contributed by atoms with E-state index >= 15 is 0 Å². The minimum absolute atomic E-state index is 0.715. The van der Waals surface area contributed by atoms with Crippen LogP contribution in [0.5, 0.6) is 0 Å². The van der Waals surface area contributed by atoms with Crippen LogP contribution in [-0.4, -0.2) is 50.5 Å². The highest BCUT2D eigenvalue weighted by Gasteiger charge is 1.81. The van der Waals surface area contributed by atoms with E-state index in [1.54, 1.807) is 0 Å². The summed E-state index contributed by atoms with van der Waals surface area (Å²) in [6, 6.07) is 0. The molecule has 0 aromatic carbocycles. The predicted molar refractivity (Wildman–Crippen MR) is 49.9 cm³/mol. The van der Waals surface area contributed by atoms with Gasteiger partial charge < -0.3 is 4.90 Å². The zero-order valence-corrected chi connectivity index (χ0v) is 8.69. The molecular formula is C5H15NO3S2. The zero-order valence-electron chi connectivity index (χ0n) is 6.98. The maximum atomic E-state index is 9.19. The van der Waals surface area contributed by atoms with Gasteiger partial charge in [0.15, 0.2) is 0 Å². The molecule has 0 aromatic rings. The molecule has 0 aliphatic carbocycles. The summed E-state index contributed by atoms with van der Waals surface area (Å²) in [6.45, 7) is 1.07. The van der Waals surface area contributed by atoms with Gasteiger partial charge in [-0.25, -0.2) is 0 Å². The van der Waals surface area contributed by atoms with Gasteiger partial charge >= 0.3 is 0 Å². The lowest BCUT2D eigenvalue weighted by molar-refractivity contribution is 0.438. The fourth-order valence-electron chi connectivity index (χ4n) is 0.200. The first kappa shape index (κ1) is 13.8. The van der Waals surface area contributed by atoms with E-state index in [1.165, 1.54) is 0 Å². The molecule has 0 fully saturated rings. The van der Waals surface area contributed by atoms with Crippen molar-refractivity contribution in [3.05, 3.63) is 0 Å². The Kier molecular flexibility index (Phi) is 8.65. The van der Waals surface area contributed by atoms with E-state index in [9.17, 15) is 8.42 Å². The van der Waals surface area contributed by atoms with Crippen molar-refractivity contribution < 1.29 is 13.0 Å². The third kappa shape index (κ3) is 66.6. The van der Waals surface area contributed by atoms with E-state index in [-0.39, 0.29) is 0 Å². The monoisotopic (exact) mass is 201 g/mol. The minimum Gasteiger partial charge on any atom is -0.309 e. The number of rotatable bonds is 2. The Morgan fingerprint density at radius 1 is 1.45 bits per heavy atom. The fourth-order valence-corrected chi connectivity index (χ4v) is 0.600. The van der Waals surface area contributed by atoms with Crippen LogP contribution >= 0.6 is 12.6 Å². The van der Waals surface area contributed by atoms with Crippen LogP contribution in [0.15, 0.2) is 0 Å². The smallest absolute Gasteiger partial charge is 0.261 e. The fraction of sp³-hybridized carbons (Fsp3) is 1.00. The van der Waals surface area contributed by atoms with Crippen molar-refractivity contribution in [2.24, 2.45) is 0 Å². The molecule has 0 amide bonds. The molecule has 0 spiro atoms. The van der Waals surface area contributed by atoms with E-state index in [1.807, 2.05) is 14.1 Å². The van der Waals surface area contributed by atoms with Crippen LogP contribution in [0.3, 0.4) is 0 Å². The quantitative estimate of drug-likeness (QED) is 0.487. The second-order valence-electron chi connectivity index (χ2n) is 2.26. The molecule has 0 aliphatic heterocycles. The molecule has 0 aliphatic rings. The predicted octanol–water partition coefficient (Wildman–Crippen LogP) is -0.0182. The summed E-state index contributed by atoms with van der Waals surface area (Å²) >= 11 is 4.02. The molecule has 0 rings (SSSR count). The number of nitrogens with zero attached hydrogens (tertiary/aromatic N) is 1. The van der Waals surface area contributed by atoms with E-state index < -0.39 is 10.1 Å². The van der Waals surface area contributed by atoms with Crippen molar-refractivity contribution in [2.75, 3.05) is 32.6 Å². The zero-order chi connectivity index (χ0) is 9.49. The molecule has 0 heterocycles. The van der Waals surface area contributed by atoms with Crippen molar-refractivity contribution in [2.45, 2.75) is 0 Å². The summed E-state index contributed by atoms with van der Waals surface area (Å²) in [6.07, 6.45) is 0.715. The van der Waals surface area contributed by atoms with Crippen molar-refractivity contribution in [3.8, 4) is 0 Å². The summed E-state index contributed by atoms with van der Waals surface area (Å²) in [5.74, 6) is 0.951. The van der Waals surface area contributed by atoms with Crippen LogP contribution in [0.25, 0.3) is 0 Å². The average Bonchev–Trinajstić information content (AvgIpc) is 1.58. The Morgan fingerprint density at radius 3 is 1.73 bits per heavy atom. The summed E-state index contributed by atoms with van der Waals surface area (Å²) in [4.78, 5) is 2.10. The van der Waals surface area contributed by atoms with E-state index in [2.05, 4.69) is 17.5 Å². The lowest BCUT2D eigenvalue weighted by Gasteiger charge is -2.03. The van der Waals surface area contributed by atoms with Gasteiger partial charge in [-0.3, -0.25) is 4.55 Å². The average molecular weight is 201 g/mol. The molecule has 0 saturated carbocycles. The van der Waals surface area contributed by atoms with Gasteiger partial charge in [0, 0.05) is 12.3 Å². The van der Waals surface area contributed by atoms with Crippen molar-refractivity contribution >= 4 is 22.7 Å². The molecule has 11 heavy (non-hydrogen) atoms. The summed E-state index contributed by atoms with van der Waals surface area (Å²) in [5, 5.41) is 0. The van der Waals surface area contributed by atoms with Crippen LogP contribution < -0.4 is 0 Å². The third-order valence-electron chi connectivity index (χ3n) is 0.547. The molecule has 4 nitrogen and oxygen atoms in total. The summed E-state index contributed by atoms with van der Waals surface area (Å²) < 4.78 is 25.9. The normalized spacial score (nSPS) is 10.7. The minimum atomic E-state index is -3.67. The molecule has 0 radical (unpaired) electrons. The Morgan fingerprint density at radius 2 is 1.73 bits per heavy atom. The Balaban J connectivity index is 0. The van der Waals surface area contributed by atoms with Gasteiger partial charge in [-0.05, 0) is 14.1 Å². The highest BCUT2D eigenvalue weighted by Crippen LogP contribution is 1.74. The standard InChI is InChI=1S/C4H11NS.CH4O3S/c1-5(2)3-4-6;1-5(2,3)4/h6H,3-4H2,1-2H3;1H3,(H,2,3,4). The van der Waals surface area contributed by atoms with Crippen LogP contribution in [0.4, 0.5) is 0 Å². The first-order valence-corrected chi connectivity index (χ1v) is 5.43. The molecule has 0 aromatic heterocycles. The van der Waals surface area contributed by atoms with Crippen molar-refractivity contribution in [1.29, 1.82) is 0 Å². The molecule has 0 unspecified atom stereocenters. The molecule has 70 valence electrons. The van der Waals surface area contributed by atoms with Gasteiger partial charge in [-0.2, -0.15) is 21.0 Å². The molecule has 1 N–H and O–H groups in total. The maximum Gasteiger partial charge on any atom is 0.261 e. The topological polar surface area (TPSA) is 57.6 Å². The molecule has 0 saturated heterocycles. The second kappa shape index (κ2) is 6.90. The van der Waals surface area contributed by atoms with Gasteiger partial charge in [-0.15, -0.1) is 0 Å². The SMILES string of the molecule is CN(C)CCS.CS(=O)(=O)O. The van der Waals surface area contributed by atoms with Crippen molar-refractivity contribution in [3.63, 3.8) is 0 Å². The third-order valence-corrected chi connectivity index (χ3v) is 0.747. The molecule has 0 bridgehead atoms. The summed E-state index contributed by atoms with van der Waals surface area (Å²) in [7, 11) is 0.409. The van der Waals surface area contributed by atoms with Crippen LogP contribution in [0, 0.1) is 0 Å². The van der Waals surface area contributed by atoms with E-state index in [0.29, 0.717) is 6.26 Å². The van der Waals surface area contributed by atoms with Crippen LogP contribution in [0.1, 0.15) is 0 Å². The first-order valence-electron chi connectivity index (χ1n) is 2.95. The highest BCUT2D eigenvalue weighted by atomic mass is 32.2. The van der Waals surface area contributed by atoms with E-state index in [4.69, 9.17) is 4.55 Å². The van der Waals surface area contributed by atoms with Gasteiger partial charge in [0.05, 0.1) is 6.26 Å². The number of thiol groups is 1. The second-order valence-corrected chi connectivity index (χ2v) is 4.17. The Bertz CT molecular complexity index is 157. The van der Waals surface area contributed by atoms with Crippen molar-refractivity contribution in [1.82, 2.24) is 4.90 Å². The van der Waals surface area contributed by atoms with Crippen LogP contribution in [-0.2, 0) is 10.1 Å². The van der Waals surface area contributed by atoms with E-state index in [0.717, 1.165) is 12.3 Å². The summed E-state index contributed by atoms with van der Waals surface area (Å²) in [5.41, 5.74) is 0. The largest absolute Gasteiger partial charge is 0.309 e. The Labute approximate surface area is 73.7 Å². The lowest BCUT2D eigenvalue weighted by Crippen LogP contribution is -2.13. The van der Waals surface area contributed by atoms with Crippen LogP contribution in [0.2, 0.25) is 0 Å². The maximum absolute atomic E-state index is 9.19. The van der Waals surface area contributed by atoms with Gasteiger partial charge in [0.2, 0.25) is 0 Å². The molecule has 0 atom stereocenters. The first-order chi connectivity index (χ1) is 4.77. The Hall–Kier alpha value is 0.220. The number of hydrogen-bond acceptors (Lipinski definition) is 4. The highest BCUT2D eigenvalue weighted by molar-refractivity contribution is 7.85. The lowest BCUT2D eigenvalue weighted by atomic mass is 10.7. The number of hydrogen-bond donors (Lipinski definition) is 2. The molecular weight excluding hydrogens is 186 g/mol. The molecule has 6 heteroatoms.